The van der Waals surface area contributed by atoms with E-state index in [2.05, 4.69) is 10.3 Å². The van der Waals surface area contributed by atoms with E-state index in [-0.39, 0.29) is 42.4 Å². The van der Waals surface area contributed by atoms with Crippen LogP contribution in [0.25, 0.3) is 0 Å². The van der Waals surface area contributed by atoms with Crippen LogP contribution in [0.5, 0.6) is 0 Å². The molecule has 0 bridgehead atoms. The maximum atomic E-state index is 13.9. The Balaban J connectivity index is 3.19. The molecule has 42 heavy (non-hydrogen) atoms. The van der Waals surface area contributed by atoms with E-state index in [4.69, 9.17) is 9.47 Å². The first kappa shape index (κ1) is 37.3. The number of nitrogens with zero attached hydrogens (tertiary/aromatic N) is 3. The predicted octanol–water partition coefficient (Wildman–Crippen LogP) is 4.65. The first-order chi connectivity index (χ1) is 19.4. The van der Waals surface area contributed by atoms with Crippen molar-refractivity contribution in [3.63, 3.8) is 0 Å². The molecule has 0 fully saturated rings. The van der Waals surface area contributed by atoms with Gasteiger partial charge in [-0.3, -0.25) is 14.5 Å². The Morgan fingerprint density at radius 3 is 2.10 bits per heavy atom. The second kappa shape index (κ2) is 16.2. The average molecular weight is 613 g/mol. The van der Waals surface area contributed by atoms with Crippen LogP contribution in [0.3, 0.4) is 0 Å². The molecule has 0 aliphatic carbocycles. The van der Waals surface area contributed by atoms with Crippen molar-refractivity contribution in [1.82, 2.24) is 20.1 Å². The van der Waals surface area contributed by atoms with Gasteiger partial charge in [0.25, 0.3) is 0 Å². The number of aromatic nitrogens is 1. The van der Waals surface area contributed by atoms with Crippen LogP contribution in [0.2, 0.25) is 0 Å². The largest absolute Gasteiger partial charge is 0.461 e. The van der Waals surface area contributed by atoms with Gasteiger partial charge in [0.2, 0.25) is 11.8 Å². The predicted molar refractivity (Wildman–Crippen MR) is 163 cm³/mol. The average Bonchev–Trinajstić information content (AvgIpc) is 3.38. The minimum absolute atomic E-state index is 0.0342. The summed E-state index contributed by atoms with van der Waals surface area (Å²) < 4.78 is 10.5. The smallest absolute Gasteiger partial charge is 0.410 e. The number of nitrogens with one attached hydrogen (secondary N) is 1. The molecule has 0 aromatic carbocycles. The van der Waals surface area contributed by atoms with Gasteiger partial charge in [-0.2, -0.15) is 0 Å². The molecule has 1 aromatic rings. The molecular weight excluding hydrogens is 560 g/mol. The summed E-state index contributed by atoms with van der Waals surface area (Å²) in [4.78, 5) is 59.4. The highest BCUT2D eigenvalue weighted by Gasteiger charge is 2.38. The molecule has 5 atom stereocenters. The van der Waals surface area contributed by atoms with Crippen LogP contribution in [0.4, 0.5) is 4.79 Å². The molecule has 3 amide bonds. The van der Waals surface area contributed by atoms with E-state index in [0.29, 0.717) is 11.4 Å². The van der Waals surface area contributed by atoms with Crippen molar-refractivity contribution >= 4 is 35.2 Å². The van der Waals surface area contributed by atoms with Gasteiger partial charge in [0.05, 0.1) is 6.61 Å². The number of amides is 3. The molecule has 2 N–H and O–H groups in total. The lowest BCUT2D eigenvalue weighted by Crippen LogP contribution is -2.59. The number of esters is 1. The van der Waals surface area contributed by atoms with Gasteiger partial charge < -0.3 is 24.8 Å². The first-order valence-electron chi connectivity index (χ1n) is 14.7. The maximum Gasteiger partial charge on any atom is 0.410 e. The van der Waals surface area contributed by atoms with Crippen LogP contribution in [0, 0.1) is 17.8 Å². The SMILES string of the molecule is CCOC(=O)c1csc([C@H](O)C[C@H](C(C)C)N(C)C(=O)[C@@H](NC(=O)[C@@H](C(C)C)N(C)C(=O)OC(C)(C)C)[C@@H](C)CC)n1. The molecule has 1 rings (SSSR count). The standard InChI is InChI=1S/C30H52N4O7S/c1-13-19(7)23(32-25(36)24(18(5)6)34(12)29(39)41-30(8,9)10)27(37)33(11)21(17(3)4)15-22(35)26-31-20(16-42-26)28(38)40-14-2/h16-19,21-24,35H,13-15H2,1-12H3,(H,32,36)/t19-,21+,22+,23-,24+/m0/s1. The minimum atomic E-state index is -1.01. The topological polar surface area (TPSA) is 138 Å². The minimum Gasteiger partial charge on any atom is -0.461 e. The Morgan fingerprint density at radius 1 is 1.02 bits per heavy atom. The number of hydrogen-bond acceptors (Lipinski definition) is 9. The zero-order valence-electron chi connectivity index (χ0n) is 27.4. The van der Waals surface area contributed by atoms with Crippen molar-refractivity contribution in [3.8, 4) is 0 Å². The van der Waals surface area contributed by atoms with Crippen molar-refractivity contribution in [2.45, 2.75) is 112 Å². The van der Waals surface area contributed by atoms with Gasteiger partial charge in [-0.15, -0.1) is 11.3 Å². The number of aliphatic hydroxyl groups excluding tert-OH is 1. The van der Waals surface area contributed by atoms with Crippen molar-refractivity contribution < 1.29 is 33.8 Å². The zero-order valence-corrected chi connectivity index (χ0v) is 28.2. The summed E-state index contributed by atoms with van der Waals surface area (Å²) in [6.07, 6.45) is -0.816. The van der Waals surface area contributed by atoms with Crippen LogP contribution in [0.1, 0.15) is 104 Å². The fraction of sp³-hybridized carbons (Fsp3) is 0.767. The van der Waals surface area contributed by atoms with Crippen LogP contribution in [-0.2, 0) is 19.1 Å². The summed E-state index contributed by atoms with van der Waals surface area (Å²) in [5, 5.41) is 15.8. The van der Waals surface area contributed by atoms with E-state index >= 15 is 0 Å². The van der Waals surface area contributed by atoms with Crippen LogP contribution in [-0.4, -0.2) is 88.2 Å². The van der Waals surface area contributed by atoms with E-state index < -0.39 is 47.8 Å². The molecule has 0 aliphatic rings. The normalized spacial score (nSPS) is 15.4. The van der Waals surface area contributed by atoms with E-state index in [1.165, 1.54) is 11.9 Å². The van der Waals surface area contributed by atoms with Crippen LogP contribution in [0.15, 0.2) is 5.38 Å². The summed E-state index contributed by atoms with van der Waals surface area (Å²) in [6, 6.07) is -2.10. The monoisotopic (exact) mass is 612 g/mol. The lowest BCUT2D eigenvalue weighted by molar-refractivity contribution is -0.141. The molecule has 0 unspecified atom stereocenters. The molecule has 0 saturated carbocycles. The van der Waals surface area contributed by atoms with Gasteiger partial charge in [-0.25, -0.2) is 14.6 Å². The molecule has 11 nitrogen and oxygen atoms in total. The maximum absolute atomic E-state index is 13.9. The van der Waals surface area contributed by atoms with Gasteiger partial charge in [-0.1, -0.05) is 48.0 Å². The number of rotatable bonds is 14. The van der Waals surface area contributed by atoms with E-state index in [1.54, 1.807) is 45.0 Å². The lowest BCUT2D eigenvalue weighted by atomic mass is 9.92. The lowest BCUT2D eigenvalue weighted by Gasteiger charge is -2.38. The molecular formula is C30H52N4O7S. The number of aliphatic hydroxyl groups is 1. The van der Waals surface area contributed by atoms with Gasteiger partial charge in [0.15, 0.2) is 5.69 Å². The van der Waals surface area contributed by atoms with Crippen molar-refractivity contribution in [2.75, 3.05) is 20.7 Å². The molecule has 0 aliphatic heterocycles. The Hall–Kier alpha value is -2.73. The van der Waals surface area contributed by atoms with Gasteiger partial charge >= 0.3 is 12.1 Å². The van der Waals surface area contributed by atoms with Crippen molar-refractivity contribution in [2.24, 2.45) is 17.8 Å². The first-order valence-corrected chi connectivity index (χ1v) is 15.6. The summed E-state index contributed by atoms with van der Waals surface area (Å²) in [5.41, 5.74) is -0.589. The highest BCUT2D eigenvalue weighted by Crippen LogP contribution is 2.28. The molecule has 1 aromatic heterocycles. The fourth-order valence-corrected chi connectivity index (χ4v) is 5.41. The summed E-state index contributed by atoms with van der Waals surface area (Å²) in [6.45, 7) is 18.6. The van der Waals surface area contributed by atoms with Gasteiger partial charge in [0.1, 0.15) is 28.8 Å². The molecule has 240 valence electrons. The molecule has 12 heteroatoms. The van der Waals surface area contributed by atoms with Crippen molar-refractivity contribution in [3.05, 3.63) is 16.1 Å². The van der Waals surface area contributed by atoms with Gasteiger partial charge in [0, 0.05) is 31.9 Å². The number of thiazole rings is 1. The zero-order chi connectivity index (χ0) is 32.5. The van der Waals surface area contributed by atoms with Crippen LogP contribution >= 0.6 is 11.3 Å². The molecule has 0 spiro atoms. The third-order valence-corrected chi connectivity index (χ3v) is 8.09. The third kappa shape index (κ3) is 10.5. The molecule has 0 radical (unpaired) electrons. The summed E-state index contributed by atoms with van der Waals surface area (Å²) in [5.74, 6) is -1.77. The molecule has 0 saturated heterocycles. The van der Waals surface area contributed by atoms with Crippen LogP contribution < -0.4 is 5.32 Å². The second-order valence-electron chi connectivity index (χ2n) is 12.5. The quantitative estimate of drug-likeness (QED) is 0.290. The Morgan fingerprint density at radius 2 is 1.62 bits per heavy atom. The Kier molecular flexibility index (Phi) is 14.4. The highest BCUT2D eigenvalue weighted by atomic mass is 32.1. The number of likely N-dealkylation sites (N-methyl/N-ethyl adjacent to an activating group) is 2. The number of hydrogen-bond donors (Lipinski definition) is 2. The summed E-state index contributed by atoms with van der Waals surface area (Å²) >= 11 is 1.16. The number of carbonyl (C=O) groups excluding carboxylic acids is 4. The Bertz CT molecular complexity index is 1050. The summed E-state index contributed by atoms with van der Waals surface area (Å²) in [7, 11) is 3.19. The number of carbonyl (C=O) groups is 4. The van der Waals surface area contributed by atoms with Gasteiger partial charge in [-0.05, 0) is 45.4 Å². The molecule has 1 heterocycles. The van der Waals surface area contributed by atoms with Crippen molar-refractivity contribution in [1.29, 1.82) is 0 Å². The van der Waals surface area contributed by atoms with E-state index in [0.717, 1.165) is 11.3 Å². The third-order valence-electron chi connectivity index (χ3n) is 7.15. The fourth-order valence-electron chi connectivity index (χ4n) is 4.62. The highest BCUT2D eigenvalue weighted by molar-refractivity contribution is 7.09. The Labute approximate surface area is 255 Å². The second-order valence-corrected chi connectivity index (χ2v) is 13.3. The number of ether oxygens (including phenoxy) is 2. The van der Waals surface area contributed by atoms with E-state index in [1.807, 2.05) is 41.5 Å². The van der Waals surface area contributed by atoms with E-state index in [9.17, 15) is 24.3 Å².